The molecule has 0 aliphatic rings. The number of amides is 2. The van der Waals surface area contributed by atoms with Crippen LogP contribution in [0.25, 0.3) is 0 Å². The van der Waals surface area contributed by atoms with Crippen molar-refractivity contribution in [3.8, 4) is 11.5 Å². The number of halogens is 1. The van der Waals surface area contributed by atoms with E-state index in [1.807, 2.05) is 0 Å². The van der Waals surface area contributed by atoms with Gasteiger partial charge in [-0.3, -0.25) is 9.59 Å². The molecule has 2 N–H and O–H groups in total. The molecule has 0 bridgehead atoms. The van der Waals surface area contributed by atoms with E-state index >= 15 is 0 Å². The summed E-state index contributed by atoms with van der Waals surface area (Å²) in [5.74, 6) is -0.834. The van der Waals surface area contributed by atoms with Crippen LogP contribution in [0, 0.1) is 0 Å². The van der Waals surface area contributed by atoms with Crippen LogP contribution in [0.5, 0.6) is 11.5 Å². The lowest BCUT2D eigenvalue weighted by Crippen LogP contribution is -2.32. The fraction of sp³-hybridized carbons (Fsp3) is 0.105. The maximum atomic E-state index is 12.0. The number of carbonyl (C=O) groups is 2. The first-order chi connectivity index (χ1) is 13.0. The Labute approximate surface area is 161 Å². The van der Waals surface area contributed by atoms with Gasteiger partial charge in [-0.1, -0.05) is 36.4 Å². The molecule has 0 aromatic heterocycles. The van der Waals surface area contributed by atoms with Gasteiger partial charge in [-0.15, -0.1) is 0 Å². The SMILES string of the molecule is C=CCOc1cccc(/C=N\NC(=O)C(=O)Nc2cc(Cl)ccc2OC)c1. The average Bonchev–Trinajstić information content (AvgIpc) is 2.66. The summed E-state index contributed by atoms with van der Waals surface area (Å²) in [5, 5.41) is 6.58. The van der Waals surface area contributed by atoms with E-state index in [0.29, 0.717) is 28.7 Å². The summed E-state index contributed by atoms with van der Waals surface area (Å²) in [7, 11) is 1.44. The van der Waals surface area contributed by atoms with Gasteiger partial charge in [-0.25, -0.2) is 5.43 Å². The fourth-order valence-electron chi connectivity index (χ4n) is 2.01. The van der Waals surface area contributed by atoms with E-state index in [0.717, 1.165) is 0 Å². The minimum absolute atomic E-state index is 0.279. The predicted octanol–water partition coefficient (Wildman–Crippen LogP) is 3.00. The number of carbonyl (C=O) groups excluding carboxylic acids is 2. The molecule has 140 valence electrons. The smallest absolute Gasteiger partial charge is 0.329 e. The Hall–Kier alpha value is -3.32. The largest absolute Gasteiger partial charge is 0.495 e. The highest BCUT2D eigenvalue weighted by atomic mass is 35.5. The van der Waals surface area contributed by atoms with Gasteiger partial charge < -0.3 is 14.8 Å². The Morgan fingerprint density at radius 2 is 2.04 bits per heavy atom. The summed E-state index contributed by atoms with van der Waals surface area (Å²) in [4.78, 5) is 23.9. The Bertz CT molecular complexity index is 868. The number of methoxy groups -OCH3 is 1. The van der Waals surface area contributed by atoms with Crippen LogP contribution in [-0.4, -0.2) is 31.7 Å². The van der Waals surface area contributed by atoms with Crippen molar-refractivity contribution >= 4 is 35.3 Å². The molecular weight excluding hydrogens is 370 g/mol. The number of hydrogen-bond acceptors (Lipinski definition) is 5. The number of hydrogen-bond donors (Lipinski definition) is 2. The van der Waals surface area contributed by atoms with Crippen molar-refractivity contribution in [2.45, 2.75) is 0 Å². The van der Waals surface area contributed by atoms with Gasteiger partial charge in [0.2, 0.25) is 0 Å². The lowest BCUT2D eigenvalue weighted by Gasteiger charge is -2.09. The summed E-state index contributed by atoms with van der Waals surface area (Å²) in [6, 6.07) is 11.7. The van der Waals surface area contributed by atoms with Gasteiger partial charge in [-0.2, -0.15) is 5.10 Å². The van der Waals surface area contributed by atoms with Crippen LogP contribution in [0.3, 0.4) is 0 Å². The summed E-state index contributed by atoms with van der Waals surface area (Å²) in [6.45, 7) is 3.96. The number of nitrogens with zero attached hydrogens (tertiary/aromatic N) is 1. The second kappa shape index (κ2) is 9.98. The van der Waals surface area contributed by atoms with Gasteiger partial charge in [-0.05, 0) is 35.9 Å². The maximum Gasteiger partial charge on any atom is 0.329 e. The maximum absolute atomic E-state index is 12.0. The number of rotatable bonds is 7. The fourth-order valence-corrected chi connectivity index (χ4v) is 2.19. The Morgan fingerprint density at radius 3 is 2.78 bits per heavy atom. The molecule has 2 rings (SSSR count). The summed E-state index contributed by atoms with van der Waals surface area (Å²) in [6.07, 6.45) is 3.03. The van der Waals surface area contributed by atoms with Gasteiger partial charge in [0.15, 0.2) is 0 Å². The first-order valence-corrected chi connectivity index (χ1v) is 8.23. The molecule has 0 radical (unpaired) electrons. The molecule has 27 heavy (non-hydrogen) atoms. The van der Waals surface area contributed by atoms with Crippen molar-refractivity contribution in [1.82, 2.24) is 5.43 Å². The van der Waals surface area contributed by atoms with E-state index in [4.69, 9.17) is 21.1 Å². The van der Waals surface area contributed by atoms with E-state index in [1.165, 1.54) is 19.4 Å². The van der Waals surface area contributed by atoms with Gasteiger partial charge in [0.05, 0.1) is 19.0 Å². The van der Waals surface area contributed by atoms with E-state index < -0.39 is 11.8 Å². The minimum Gasteiger partial charge on any atom is -0.495 e. The van der Waals surface area contributed by atoms with Crippen molar-refractivity contribution in [3.05, 3.63) is 65.7 Å². The standard InChI is InChI=1S/C19H18ClN3O4/c1-3-9-27-15-6-4-5-13(10-15)12-21-23-19(25)18(24)22-16-11-14(20)7-8-17(16)26-2/h3-8,10-12H,1,9H2,2H3,(H,22,24)(H,23,25)/b21-12-. The quantitative estimate of drug-likeness (QED) is 0.331. The summed E-state index contributed by atoms with van der Waals surface area (Å²) in [5.41, 5.74) is 3.12. The molecular formula is C19H18ClN3O4. The molecule has 0 aliphatic heterocycles. The van der Waals surface area contributed by atoms with Crippen LogP contribution in [0.1, 0.15) is 5.56 Å². The third kappa shape index (κ3) is 6.16. The van der Waals surface area contributed by atoms with Crippen LogP contribution >= 0.6 is 11.6 Å². The van der Waals surface area contributed by atoms with Gasteiger partial charge in [0, 0.05) is 5.02 Å². The lowest BCUT2D eigenvalue weighted by molar-refractivity contribution is -0.136. The highest BCUT2D eigenvalue weighted by Crippen LogP contribution is 2.27. The zero-order valence-corrected chi connectivity index (χ0v) is 15.3. The molecule has 0 unspecified atom stereocenters. The van der Waals surface area contributed by atoms with Crippen molar-refractivity contribution < 1.29 is 19.1 Å². The molecule has 0 atom stereocenters. The summed E-state index contributed by atoms with van der Waals surface area (Å²) >= 11 is 5.89. The van der Waals surface area contributed by atoms with Crippen molar-refractivity contribution in [2.75, 3.05) is 19.0 Å². The molecule has 0 heterocycles. The highest BCUT2D eigenvalue weighted by Gasteiger charge is 2.15. The predicted molar refractivity (Wildman–Crippen MR) is 105 cm³/mol. The molecule has 0 spiro atoms. The summed E-state index contributed by atoms with van der Waals surface area (Å²) < 4.78 is 10.5. The van der Waals surface area contributed by atoms with Crippen molar-refractivity contribution in [3.63, 3.8) is 0 Å². The molecule has 7 nitrogen and oxygen atoms in total. The second-order valence-corrected chi connectivity index (χ2v) is 5.61. The van der Waals surface area contributed by atoms with Crippen LogP contribution < -0.4 is 20.2 Å². The topological polar surface area (TPSA) is 89.0 Å². The number of anilines is 1. The highest BCUT2D eigenvalue weighted by molar-refractivity contribution is 6.40. The number of benzene rings is 2. The number of nitrogens with one attached hydrogen (secondary N) is 2. The molecule has 0 aliphatic carbocycles. The van der Waals surface area contributed by atoms with Crippen LogP contribution in [0.2, 0.25) is 5.02 Å². The molecule has 0 saturated carbocycles. The molecule has 2 amide bonds. The first kappa shape index (κ1) is 20.0. The first-order valence-electron chi connectivity index (χ1n) is 7.85. The monoisotopic (exact) mass is 387 g/mol. The molecule has 2 aromatic rings. The molecule has 8 heteroatoms. The van der Waals surface area contributed by atoms with Crippen LogP contribution in [0.4, 0.5) is 5.69 Å². The van der Waals surface area contributed by atoms with Gasteiger partial charge in [0.25, 0.3) is 0 Å². The third-order valence-corrected chi connectivity index (χ3v) is 3.46. The zero-order chi connectivity index (χ0) is 19.6. The van der Waals surface area contributed by atoms with E-state index in [1.54, 1.807) is 42.5 Å². The van der Waals surface area contributed by atoms with Crippen LogP contribution in [-0.2, 0) is 9.59 Å². The Morgan fingerprint density at radius 1 is 1.22 bits per heavy atom. The third-order valence-electron chi connectivity index (χ3n) is 3.22. The zero-order valence-electron chi connectivity index (χ0n) is 14.6. The minimum atomic E-state index is -0.938. The van der Waals surface area contributed by atoms with Crippen molar-refractivity contribution in [1.29, 1.82) is 0 Å². The second-order valence-electron chi connectivity index (χ2n) is 5.17. The lowest BCUT2D eigenvalue weighted by atomic mass is 10.2. The Kier molecular flexibility index (Phi) is 7.39. The number of hydrazone groups is 1. The Balaban J connectivity index is 1.95. The molecule has 2 aromatic carbocycles. The van der Waals surface area contributed by atoms with Gasteiger partial charge >= 0.3 is 11.8 Å². The van der Waals surface area contributed by atoms with Crippen LogP contribution in [0.15, 0.2) is 60.2 Å². The molecule has 0 fully saturated rings. The van der Waals surface area contributed by atoms with Crippen molar-refractivity contribution in [2.24, 2.45) is 5.10 Å². The average molecular weight is 388 g/mol. The number of ether oxygens (including phenoxy) is 2. The molecule has 0 saturated heterocycles. The normalized spacial score (nSPS) is 10.3. The van der Waals surface area contributed by atoms with E-state index in [-0.39, 0.29) is 5.69 Å². The van der Waals surface area contributed by atoms with Gasteiger partial charge in [0.1, 0.15) is 18.1 Å². The van der Waals surface area contributed by atoms with E-state index in [9.17, 15) is 9.59 Å². The van der Waals surface area contributed by atoms with E-state index in [2.05, 4.69) is 22.4 Å².